The van der Waals surface area contributed by atoms with Crippen LogP contribution in [0.2, 0.25) is 0 Å². The Morgan fingerprint density at radius 3 is 2.31 bits per heavy atom. The van der Waals surface area contributed by atoms with Gasteiger partial charge in [-0.05, 0) is 25.7 Å². The Hall–Kier alpha value is -0.530. The fraction of sp³-hybridized carbons (Fsp3) is 0.909. The minimum atomic E-state index is -0.644. The van der Waals surface area contributed by atoms with E-state index in [1.807, 2.05) is 13.8 Å². The number of hydrogen-bond donors (Lipinski definition) is 1. The smallest absolute Gasteiger partial charge is 0.309 e. The standard InChI is InChI=1S/C11H22O2/c1-5-7-11(4,10(12)13)8-9(3)6-2/h9H,5-8H2,1-4H3,(H,12,13). The van der Waals surface area contributed by atoms with Gasteiger partial charge in [0, 0.05) is 0 Å². The van der Waals surface area contributed by atoms with Gasteiger partial charge in [-0.25, -0.2) is 0 Å². The minimum absolute atomic E-state index is 0.507. The van der Waals surface area contributed by atoms with Crippen LogP contribution in [0, 0.1) is 11.3 Å². The number of rotatable bonds is 6. The molecule has 0 aliphatic carbocycles. The molecule has 0 saturated heterocycles. The van der Waals surface area contributed by atoms with Gasteiger partial charge in [-0.3, -0.25) is 4.79 Å². The highest BCUT2D eigenvalue weighted by Crippen LogP contribution is 2.32. The van der Waals surface area contributed by atoms with Crippen LogP contribution in [0.4, 0.5) is 0 Å². The fourth-order valence-corrected chi connectivity index (χ4v) is 1.76. The molecule has 0 aromatic carbocycles. The average molecular weight is 186 g/mol. The summed E-state index contributed by atoms with van der Waals surface area (Å²) >= 11 is 0. The Balaban J connectivity index is 4.32. The van der Waals surface area contributed by atoms with Crippen LogP contribution >= 0.6 is 0 Å². The molecule has 0 aromatic rings. The normalized spacial score (nSPS) is 17.8. The zero-order chi connectivity index (χ0) is 10.5. The predicted octanol–water partition coefficient (Wildman–Crippen LogP) is 3.31. The van der Waals surface area contributed by atoms with Crippen LogP contribution < -0.4 is 0 Å². The van der Waals surface area contributed by atoms with Crippen molar-refractivity contribution < 1.29 is 9.90 Å². The minimum Gasteiger partial charge on any atom is -0.481 e. The summed E-state index contributed by atoms with van der Waals surface area (Å²) in [5.74, 6) is -0.137. The maximum absolute atomic E-state index is 11.1. The lowest BCUT2D eigenvalue weighted by Crippen LogP contribution is -2.29. The summed E-state index contributed by atoms with van der Waals surface area (Å²) in [6, 6.07) is 0. The monoisotopic (exact) mass is 186 g/mol. The summed E-state index contributed by atoms with van der Waals surface area (Å²) in [5.41, 5.74) is -0.510. The molecule has 0 heterocycles. The summed E-state index contributed by atoms with van der Waals surface area (Å²) in [5, 5.41) is 9.11. The van der Waals surface area contributed by atoms with Gasteiger partial charge in [-0.1, -0.05) is 33.6 Å². The van der Waals surface area contributed by atoms with E-state index in [0.29, 0.717) is 5.92 Å². The molecule has 78 valence electrons. The van der Waals surface area contributed by atoms with E-state index in [1.165, 1.54) is 0 Å². The maximum atomic E-state index is 11.1. The van der Waals surface area contributed by atoms with Gasteiger partial charge in [0.1, 0.15) is 0 Å². The summed E-state index contributed by atoms with van der Waals surface area (Å²) in [4.78, 5) is 11.1. The highest BCUT2D eigenvalue weighted by Gasteiger charge is 2.32. The Morgan fingerprint density at radius 1 is 1.46 bits per heavy atom. The Morgan fingerprint density at radius 2 is 2.00 bits per heavy atom. The lowest BCUT2D eigenvalue weighted by molar-refractivity contribution is -0.149. The van der Waals surface area contributed by atoms with E-state index in [0.717, 1.165) is 25.7 Å². The van der Waals surface area contributed by atoms with Gasteiger partial charge >= 0.3 is 5.97 Å². The van der Waals surface area contributed by atoms with E-state index >= 15 is 0 Å². The van der Waals surface area contributed by atoms with Gasteiger partial charge in [0.15, 0.2) is 0 Å². The first-order valence-electron chi connectivity index (χ1n) is 5.19. The molecule has 0 bridgehead atoms. The zero-order valence-corrected chi connectivity index (χ0v) is 9.26. The molecule has 0 spiro atoms. The SMILES string of the molecule is CCCC(C)(CC(C)CC)C(=O)O. The van der Waals surface area contributed by atoms with Crippen LogP contribution in [-0.4, -0.2) is 11.1 Å². The molecule has 0 fully saturated rings. The predicted molar refractivity (Wildman–Crippen MR) is 54.7 cm³/mol. The van der Waals surface area contributed by atoms with Crippen LogP contribution in [0.25, 0.3) is 0 Å². The number of carboxylic acid groups (broad SMARTS) is 1. The van der Waals surface area contributed by atoms with E-state index in [9.17, 15) is 4.79 Å². The summed E-state index contributed by atoms with van der Waals surface area (Å²) in [6.45, 7) is 8.14. The van der Waals surface area contributed by atoms with E-state index in [4.69, 9.17) is 5.11 Å². The van der Waals surface area contributed by atoms with E-state index in [2.05, 4.69) is 13.8 Å². The Labute approximate surface area is 81.3 Å². The van der Waals surface area contributed by atoms with Crippen LogP contribution in [0.15, 0.2) is 0 Å². The molecule has 0 amide bonds. The Kier molecular flexibility index (Phi) is 5.04. The van der Waals surface area contributed by atoms with Crippen molar-refractivity contribution >= 4 is 5.97 Å². The lowest BCUT2D eigenvalue weighted by Gasteiger charge is -2.27. The number of aliphatic carboxylic acids is 1. The highest BCUT2D eigenvalue weighted by molar-refractivity contribution is 5.74. The first kappa shape index (κ1) is 12.5. The molecule has 0 aliphatic heterocycles. The third-order valence-electron chi connectivity index (χ3n) is 2.81. The third-order valence-corrected chi connectivity index (χ3v) is 2.81. The molecule has 1 N–H and O–H groups in total. The molecule has 0 aliphatic rings. The second-order valence-electron chi connectivity index (χ2n) is 4.33. The molecule has 0 rings (SSSR count). The second kappa shape index (κ2) is 5.25. The van der Waals surface area contributed by atoms with Gasteiger partial charge in [-0.2, -0.15) is 0 Å². The van der Waals surface area contributed by atoms with E-state index in [-0.39, 0.29) is 0 Å². The topological polar surface area (TPSA) is 37.3 Å². The van der Waals surface area contributed by atoms with Crippen molar-refractivity contribution in [3.05, 3.63) is 0 Å². The first-order valence-corrected chi connectivity index (χ1v) is 5.19. The lowest BCUT2D eigenvalue weighted by atomic mass is 9.77. The molecule has 2 unspecified atom stereocenters. The second-order valence-corrected chi connectivity index (χ2v) is 4.33. The van der Waals surface area contributed by atoms with Crippen LogP contribution in [0.3, 0.4) is 0 Å². The molecule has 2 atom stereocenters. The van der Waals surface area contributed by atoms with Crippen molar-refractivity contribution in [3.63, 3.8) is 0 Å². The van der Waals surface area contributed by atoms with Crippen molar-refractivity contribution in [1.82, 2.24) is 0 Å². The first-order chi connectivity index (χ1) is 5.96. The molecule has 13 heavy (non-hydrogen) atoms. The quantitative estimate of drug-likeness (QED) is 0.691. The number of hydrogen-bond acceptors (Lipinski definition) is 1. The van der Waals surface area contributed by atoms with Crippen molar-refractivity contribution in [3.8, 4) is 0 Å². The average Bonchev–Trinajstić information content (AvgIpc) is 2.04. The molecular weight excluding hydrogens is 164 g/mol. The van der Waals surface area contributed by atoms with Gasteiger partial charge in [0.2, 0.25) is 0 Å². The van der Waals surface area contributed by atoms with Gasteiger partial charge in [0.25, 0.3) is 0 Å². The number of carboxylic acids is 1. The fourth-order valence-electron chi connectivity index (χ4n) is 1.76. The van der Waals surface area contributed by atoms with Crippen LogP contribution in [-0.2, 0) is 4.79 Å². The largest absolute Gasteiger partial charge is 0.481 e. The maximum Gasteiger partial charge on any atom is 0.309 e. The highest BCUT2D eigenvalue weighted by atomic mass is 16.4. The summed E-state index contributed by atoms with van der Waals surface area (Å²) in [6.07, 6.45) is 3.59. The van der Waals surface area contributed by atoms with Crippen molar-refractivity contribution in [2.75, 3.05) is 0 Å². The van der Waals surface area contributed by atoms with Crippen LogP contribution in [0.5, 0.6) is 0 Å². The van der Waals surface area contributed by atoms with E-state index < -0.39 is 11.4 Å². The zero-order valence-electron chi connectivity index (χ0n) is 9.26. The third kappa shape index (κ3) is 3.79. The van der Waals surface area contributed by atoms with Gasteiger partial charge < -0.3 is 5.11 Å². The molecule has 2 heteroatoms. The van der Waals surface area contributed by atoms with Crippen molar-refractivity contribution in [2.45, 2.75) is 53.4 Å². The molecule has 0 saturated carbocycles. The molecule has 2 nitrogen and oxygen atoms in total. The molecule has 0 aromatic heterocycles. The summed E-state index contributed by atoms with van der Waals surface area (Å²) in [7, 11) is 0. The van der Waals surface area contributed by atoms with Crippen molar-refractivity contribution in [2.24, 2.45) is 11.3 Å². The molecular formula is C11H22O2. The summed E-state index contributed by atoms with van der Waals surface area (Å²) < 4.78 is 0. The van der Waals surface area contributed by atoms with Gasteiger partial charge in [0.05, 0.1) is 5.41 Å². The van der Waals surface area contributed by atoms with Crippen molar-refractivity contribution in [1.29, 1.82) is 0 Å². The molecule has 0 radical (unpaired) electrons. The Bertz CT molecular complexity index is 165. The number of carbonyl (C=O) groups is 1. The van der Waals surface area contributed by atoms with E-state index in [1.54, 1.807) is 0 Å². The van der Waals surface area contributed by atoms with Crippen LogP contribution in [0.1, 0.15) is 53.4 Å². The van der Waals surface area contributed by atoms with Gasteiger partial charge in [-0.15, -0.1) is 0 Å².